The van der Waals surface area contributed by atoms with Crippen LogP contribution in [0.2, 0.25) is 0 Å². The first-order chi connectivity index (χ1) is 6.43. The molecule has 64 valence electrons. The second kappa shape index (κ2) is 2.47. The molecule has 0 saturated heterocycles. The molecular formula is C11H8O2. The van der Waals surface area contributed by atoms with Crippen molar-refractivity contribution in [1.82, 2.24) is 0 Å². The van der Waals surface area contributed by atoms with E-state index >= 15 is 0 Å². The lowest BCUT2D eigenvalue weighted by molar-refractivity contribution is -0.194. The van der Waals surface area contributed by atoms with Crippen molar-refractivity contribution in [3.63, 3.8) is 0 Å². The third-order valence-electron chi connectivity index (χ3n) is 2.29. The third kappa shape index (κ3) is 0.993. The van der Waals surface area contributed by atoms with E-state index in [4.69, 9.17) is 9.78 Å². The van der Waals surface area contributed by atoms with Gasteiger partial charge in [0.25, 0.3) is 0 Å². The van der Waals surface area contributed by atoms with Crippen LogP contribution in [0.4, 0.5) is 0 Å². The summed E-state index contributed by atoms with van der Waals surface area (Å²) in [7, 11) is 0. The van der Waals surface area contributed by atoms with Gasteiger partial charge in [0.15, 0.2) is 5.75 Å². The van der Waals surface area contributed by atoms with E-state index in [0.29, 0.717) is 6.61 Å². The van der Waals surface area contributed by atoms with Crippen molar-refractivity contribution in [2.24, 2.45) is 0 Å². The predicted molar refractivity (Wildman–Crippen MR) is 49.4 cm³/mol. The van der Waals surface area contributed by atoms with Crippen LogP contribution in [0.15, 0.2) is 36.4 Å². The monoisotopic (exact) mass is 172 g/mol. The van der Waals surface area contributed by atoms with Crippen molar-refractivity contribution in [3.05, 3.63) is 42.0 Å². The lowest BCUT2D eigenvalue weighted by atomic mass is 10.1. The van der Waals surface area contributed by atoms with Crippen molar-refractivity contribution in [2.75, 3.05) is 0 Å². The molecule has 0 N–H and O–H groups in total. The van der Waals surface area contributed by atoms with Gasteiger partial charge >= 0.3 is 0 Å². The van der Waals surface area contributed by atoms with Crippen molar-refractivity contribution in [1.29, 1.82) is 0 Å². The molecule has 0 unspecified atom stereocenters. The van der Waals surface area contributed by atoms with Crippen molar-refractivity contribution in [2.45, 2.75) is 6.61 Å². The molecule has 0 spiro atoms. The maximum atomic E-state index is 5.01. The first kappa shape index (κ1) is 6.92. The number of hydrogen-bond donors (Lipinski definition) is 0. The smallest absolute Gasteiger partial charge is 0.171 e. The molecule has 0 saturated carbocycles. The highest BCUT2D eigenvalue weighted by Gasteiger charge is 2.13. The molecule has 0 aliphatic carbocycles. The Morgan fingerprint density at radius 3 is 2.62 bits per heavy atom. The molecule has 0 atom stereocenters. The third-order valence-corrected chi connectivity index (χ3v) is 2.29. The zero-order valence-corrected chi connectivity index (χ0v) is 6.99. The molecule has 3 rings (SSSR count). The summed E-state index contributed by atoms with van der Waals surface area (Å²) < 4.78 is 0. The molecule has 13 heavy (non-hydrogen) atoms. The van der Waals surface area contributed by atoms with Crippen molar-refractivity contribution < 1.29 is 9.78 Å². The van der Waals surface area contributed by atoms with Gasteiger partial charge in [0.2, 0.25) is 0 Å². The minimum absolute atomic E-state index is 0.556. The predicted octanol–water partition coefficient (Wildman–Crippen LogP) is 2.66. The Bertz CT molecular complexity index is 420. The van der Waals surface area contributed by atoms with Crippen LogP contribution in [-0.2, 0) is 11.5 Å². The fraction of sp³-hybridized carbons (Fsp3) is 0.0909. The Morgan fingerprint density at radius 1 is 1.00 bits per heavy atom. The second-order valence-electron chi connectivity index (χ2n) is 3.15. The van der Waals surface area contributed by atoms with Gasteiger partial charge < -0.3 is 4.89 Å². The van der Waals surface area contributed by atoms with Gasteiger partial charge in [-0.1, -0.05) is 24.3 Å². The highest BCUT2D eigenvalue weighted by atomic mass is 17.2. The highest BCUT2D eigenvalue weighted by molar-refractivity contribution is 5.85. The van der Waals surface area contributed by atoms with Gasteiger partial charge in [0, 0.05) is 5.56 Å². The van der Waals surface area contributed by atoms with Crippen LogP contribution in [0.3, 0.4) is 0 Å². The fourth-order valence-electron chi connectivity index (χ4n) is 1.61. The van der Waals surface area contributed by atoms with E-state index in [1.165, 1.54) is 10.8 Å². The quantitative estimate of drug-likeness (QED) is 0.569. The van der Waals surface area contributed by atoms with Gasteiger partial charge in [-0.25, -0.2) is 0 Å². The number of rotatable bonds is 0. The second-order valence-corrected chi connectivity index (χ2v) is 3.15. The zero-order chi connectivity index (χ0) is 8.67. The summed E-state index contributed by atoms with van der Waals surface area (Å²) in [5, 5.41) is 2.42. The molecule has 0 fully saturated rings. The Balaban J connectivity index is 2.36. The van der Waals surface area contributed by atoms with E-state index in [2.05, 4.69) is 18.2 Å². The van der Waals surface area contributed by atoms with Gasteiger partial charge in [-0.15, -0.1) is 0 Å². The van der Waals surface area contributed by atoms with Crippen LogP contribution < -0.4 is 4.89 Å². The summed E-state index contributed by atoms with van der Waals surface area (Å²) in [5.41, 5.74) is 1.12. The Morgan fingerprint density at radius 2 is 1.77 bits per heavy atom. The molecular weight excluding hydrogens is 164 g/mol. The number of fused-ring (bicyclic) bond motifs is 2. The van der Waals surface area contributed by atoms with Crippen LogP contribution in [0.5, 0.6) is 5.75 Å². The topological polar surface area (TPSA) is 18.5 Å². The lowest BCUT2D eigenvalue weighted by Gasteiger charge is -1.98. The minimum Gasteiger partial charge on any atom is -0.337 e. The molecule has 2 aromatic carbocycles. The first-order valence-corrected chi connectivity index (χ1v) is 4.25. The summed E-state index contributed by atoms with van der Waals surface area (Å²) in [6.45, 7) is 0.556. The molecule has 0 aromatic heterocycles. The van der Waals surface area contributed by atoms with E-state index in [1.807, 2.05) is 18.2 Å². The van der Waals surface area contributed by atoms with Crippen LogP contribution in [0, 0.1) is 0 Å². The normalized spacial score (nSPS) is 14.2. The van der Waals surface area contributed by atoms with Gasteiger partial charge in [-0.2, -0.15) is 4.89 Å². The Hall–Kier alpha value is -1.54. The summed E-state index contributed by atoms with van der Waals surface area (Å²) in [6.07, 6.45) is 0. The van der Waals surface area contributed by atoms with E-state index in [0.717, 1.165) is 11.3 Å². The minimum atomic E-state index is 0.556. The maximum absolute atomic E-state index is 5.01. The summed E-state index contributed by atoms with van der Waals surface area (Å²) in [6, 6.07) is 12.3. The molecule has 0 bridgehead atoms. The van der Waals surface area contributed by atoms with Crippen LogP contribution in [0.25, 0.3) is 10.8 Å². The van der Waals surface area contributed by atoms with E-state index in [1.54, 1.807) is 0 Å². The number of hydrogen-bond acceptors (Lipinski definition) is 2. The van der Waals surface area contributed by atoms with Crippen molar-refractivity contribution >= 4 is 10.8 Å². The van der Waals surface area contributed by atoms with Gasteiger partial charge in [-0.3, -0.25) is 0 Å². The van der Waals surface area contributed by atoms with Crippen LogP contribution >= 0.6 is 0 Å². The van der Waals surface area contributed by atoms with Gasteiger partial charge in [-0.05, 0) is 22.9 Å². The van der Waals surface area contributed by atoms with Crippen LogP contribution in [0.1, 0.15) is 5.56 Å². The summed E-state index contributed by atoms with van der Waals surface area (Å²) >= 11 is 0. The standard InChI is InChI=1S/C11H8O2/c1-2-4-9-6-11-10(7-12-13-11)5-8(9)3-1/h1-6H,7H2. The molecule has 2 nitrogen and oxygen atoms in total. The SMILES string of the molecule is c1ccc2cc3c(cc2c1)COO3. The highest BCUT2D eigenvalue weighted by Crippen LogP contribution is 2.30. The van der Waals surface area contributed by atoms with E-state index in [9.17, 15) is 0 Å². The largest absolute Gasteiger partial charge is 0.337 e. The molecule has 0 radical (unpaired) electrons. The maximum Gasteiger partial charge on any atom is 0.171 e. The Labute approximate surface area is 75.6 Å². The summed E-state index contributed by atoms with van der Waals surface area (Å²) in [4.78, 5) is 9.89. The molecule has 1 heterocycles. The summed E-state index contributed by atoms with van der Waals surface area (Å²) in [5.74, 6) is 0.846. The molecule has 2 aromatic rings. The van der Waals surface area contributed by atoms with Crippen molar-refractivity contribution in [3.8, 4) is 5.75 Å². The molecule has 2 heteroatoms. The fourth-order valence-corrected chi connectivity index (χ4v) is 1.61. The van der Waals surface area contributed by atoms with Gasteiger partial charge in [0.05, 0.1) is 0 Å². The average molecular weight is 172 g/mol. The molecule has 0 amide bonds. The average Bonchev–Trinajstić information content (AvgIpc) is 2.61. The molecule has 1 aliphatic rings. The van der Waals surface area contributed by atoms with Gasteiger partial charge in [0.1, 0.15) is 6.61 Å². The van der Waals surface area contributed by atoms with E-state index in [-0.39, 0.29) is 0 Å². The first-order valence-electron chi connectivity index (χ1n) is 4.25. The number of benzene rings is 2. The zero-order valence-electron chi connectivity index (χ0n) is 6.99. The molecule has 1 aliphatic heterocycles. The van der Waals surface area contributed by atoms with Crippen LogP contribution in [-0.4, -0.2) is 0 Å². The van der Waals surface area contributed by atoms with E-state index < -0.39 is 0 Å². The lowest BCUT2D eigenvalue weighted by Crippen LogP contribution is -1.81. The Kier molecular flexibility index (Phi) is 1.32.